The largest absolute Gasteiger partial charge is 0.495 e. The fourth-order valence-corrected chi connectivity index (χ4v) is 5.38. The first-order valence-corrected chi connectivity index (χ1v) is 16.1. The van der Waals surface area contributed by atoms with E-state index in [1.165, 1.54) is 19.3 Å². The molecule has 3 rings (SSSR count). The van der Waals surface area contributed by atoms with Crippen LogP contribution in [0.1, 0.15) is 57.8 Å². The molecule has 0 aromatic heterocycles. The van der Waals surface area contributed by atoms with Gasteiger partial charge in [-0.25, -0.2) is 4.79 Å². The summed E-state index contributed by atoms with van der Waals surface area (Å²) in [5.74, 6) is -3.89. The summed E-state index contributed by atoms with van der Waals surface area (Å²) in [5.41, 5.74) is 1.13. The van der Waals surface area contributed by atoms with E-state index in [-0.39, 0.29) is 31.7 Å². The Bertz CT molecular complexity index is 1400. The third kappa shape index (κ3) is 11.1. The van der Waals surface area contributed by atoms with Gasteiger partial charge in [-0.2, -0.15) is 0 Å². The second kappa shape index (κ2) is 17.8. The van der Waals surface area contributed by atoms with E-state index in [0.717, 1.165) is 0 Å². The van der Waals surface area contributed by atoms with Crippen molar-refractivity contribution in [3.8, 4) is 5.75 Å². The van der Waals surface area contributed by atoms with Crippen molar-refractivity contribution in [3.63, 3.8) is 0 Å². The normalized spacial score (nSPS) is 23.6. The maximum absolute atomic E-state index is 13.4. The van der Waals surface area contributed by atoms with Crippen LogP contribution in [-0.2, 0) is 35.1 Å². The number of carbonyl (C=O) groups is 4. The lowest BCUT2D eigenvalue weighted by molar-refractivity contribution is -0.178. The molecule has 0 bridgehead atoms. The Labute approximate surface area is 280 Å². The number of halogens is 1. The highest BCUT2D eigenvalue weighted by molar-refractivity contribution is 6.32. The molecule has 0 radical (unpaired) electrons. The van der Waals surface area contributed by atoms with Gasteiger partial charge in [-0.1, -0.05) is 81.8 Å². The lowest BCUT2D eigenvalue weighted by atomic mass is 9.89. The number of hydrogen-bond donors (Lipinski definition) is 4. The number of aliphatic hydroxyl groups excluding tert-OH is 2. The predicted molar refractivity (Wildman–Crippen MR) is 175 cm³/mol. The van der Waals surface area contributed by atoms with Gasteiger partial charge >= 0.3 is 11.9 Å². The van der Waals surface area contributed by atoms with E-state index in [1.54, 1.807) is 62.4 Å². The summed E-state index contributed by atoms with van der Waals surface area (Å²) in [6, 6.07) is 12.6. The summed E-state index contributed by atoms with van der Waals surface area (Å²) < 4.78 is 16.6. The third-order valence-corrected chi connectivity index (χ3v) is 8.27. The van der Waals surface area contributed by atoms with Gasteiger partial charge in [-0.05, 0) is 41.7 Å². The number of methoxy groups -OCH3 is 1. The monoisotopic (exact) mass is 672 g/mol. The van der Waals surface area contributed by atoms with Crippen LogP contribution in [0.25, 0.3) is 0 Å². The molecule has 1 heterocycles. The van der Waals surface area contributed by atoms with Crippen molar-refractivity contribution in [1.29, 1.82) is 0 Å². The minimum atomic E-state index is -1.35. The van der Waals surface area contributed by atoms with Gasteiger partial charge in [-0.3, -0.25) is 14.4 Å². The maximum Gasteiger partial charge on any atom is 0.347 e. The Morgan fingerprint density at radius 2 is 1.70 bits per heavy atom. The van der Waals surface area contributed by atoms with Crippen molar-refractivity contribution in [2.24, 2.45) is 17.8 Å². The van der Waals surface area contributed by atoms with Crippen molar-refractivity contribution in [1.82, 2.24) is 10.6 Å². The Morgan fingerprint density at radius 3 is 2.34 bits per heavy atom. The molecule has 0 fully saturated rings. The van der Waals surface area contributed by atoms with Crippen LogP contribution >= 0.6 is 11.6 Å². The molecule has 3 unspecified atom stereocenters. The molecule has 0 spiro atoms. The van der Waals surface area contributed by atoms with Crippen LogP contribution in [0.4, 0.5) is 0 Å². The van der Waals surface area contributed by atoms with Crippen molar-refractivity contribution in [2.75, 3.05) is 13.7 Å². The molecule has 0 saturated heterocycles. The predicted octanol–water partition coefficient (Wildman–Crippen LogP) is 3.69. The molecule has 1 aliphatic rings. The number of ether oxygens (including phenoxy) is 3. The van der Waals surface area contributed by atoms with E-state index >= 15 is 0 Å². The summed E-state index contributed by atoms with van der Waals surface area (Å²) in [6.07, 6.45) is -1.99. The van der Waals surface area contributed by atoms with Crippen LogP contribution in [-0.4, -0.2) is 72.0 Å². The zero-order chi connectivity index (χ0) is 34.7. The first kappa shape index (κ1) is 37.5. The molecule has 7 atom stereocenters. The second-order valence-corrected chi connectivity index (χ2v) is 12.7. The minimum absolute atomic E-state index is 0.0252. The molecule has 2 aromatic rings. The van der Waals surface area contributed by atoms with Crippen LogP contribution in [0.3, 0.4) is 0 Å². The molecule has 12 heteroatoms. The topological polar surface area (TPSA) is 160 Å². The molecule has 47 heavy (non-hydrogen) atoms. The Hall–Kier alpha value is -3.93. The van der Waals surface area contributed by atoms with Gasteiger partial charge in [0.2, 0.25) is 11.8 Å². The van der Waals surface area contributed by atoms with Gasteiger partial charge in [0.1, 0.15) is 24.0 Å². The van der Waals surface area contributed by atoms with Crippen LogP contribution in [0.2, 0.25) is 5.02 Å². The van der Waals surface area contributed by atoms with E-state index in [2.05, 4.69) is 10.6 Å². The first-order valence-electron chi connectivity index (χ1n) is 15.7. The molecule has 11 nitrogen and oxygen atoms in total. The maximum atomic E-state index is 13.4. The fraction of sp³-hybridized carbons (Fsp3) is 0.486. The van der Waals surface area contributed by atoms with Gasteiger partial charge in [0, 0.05) is 25.3 Å². The van der Waals surface area contributed by atoms with Crippen molar-refractivity contribution in [3.05, 3.63) is 76.8 Å². The summed E-state index contributed by atoms with van der Waals surface area (Å²) in [4.78, 5) is 52.9. The van der Waals surface area contributed by atoms with E-state index < -0.39 is 66.0 Å². The highest BCUT2D eigenvalue weighted by Crippen LogP contribution is 2.28. The minimum Gasteiger partial charge on any atom is -0.495 e. The van der Waals surface area contributed by atoms with Crippen molar-refractivity contribution in [2.45, 2.75) is 77.4 Å². The average molecular weight is 673 g/mol. The van der Waals surface area contributed by atoms with E-state index in [9.17, 15) is 29.4 Å². The number of nitrogens with one attached hydrogen (secondary N) is 2. The number of rotatable bonds is 9. The number of hydrogen-bond acceptors (Lipinski definition) is 9. The number of amides is 2. The molecule has 1 aliphatic heterocycles. The summed E-state index contributed by atoms with van der Waals surface area (Å²) in [5, 5.41) is 27.7. The van der Waals surface area contributed by atoms with E-state index in [0.29, 0.717) is 21.9 Å². The Kier molecular flexibility index (Phi) is 14.2. The standard InChI is InChI=1S/C35H45ClN2O9/c1-20(2)16-29-35(44)46-27(22(4)31(40)32(41)24-10-7-6-8-11-24)12-9-13-30(39)38-26(33(42)37-19-21(3)34(43)47-29)18-23-14-15-28(45-5)25(36)17-23/h6-11,13-15,17,20-22,26-27,29,31-32,40-41H,12,16,18-19H2,1-5H3,(H,37,42)(H,38,39)/t21-,22+,26-,27?,29+,31?,32?/m1/s1. The summed E-state index contributed by atoms with van der Waals surface area (Å²) >= 11 is 6.28. The van der Waals surface area contributed by atoms with E-state index in [1.807, 2.05) is 13.8 Å². The average Bonchev–Trinajstić information content (AvgIpc) is 3.04. The molecule has 4 N–H and O–H groups in total. The molecule has 2 amide bonds. The second-order valence-electron chi connectivity index (χ2n) is 12.3. The number of carbonyl (C=O) groups excluding carboxylic acids is 4. The zero-order valence-electron chi connectivity index (χ0n) is 27.4. The SMILES string of the molecule is COc1ccc(C[C@H]2NC(=O)C=CCC([C@H](C)C(O)C(O)c3ccccc3)OC(=O)[C@H](CC(C)C)OC(=O)[C@H](C)CNC2=O)cc1Cl. The molecule has 0 aliphatic carbocycles. The van der Waals surface area contributed by atoms with Gasteiger partial charge in [-0.15, -0.1) is 0 Å². The quantitative estimate of drug-likeness (QED) is 0.291. The number of cyclic esters (lactones) is 2. The molecule has 256 valence electrons. The van der Waals surface area contributed by atoms with Crippen LogP contribution in [0.5, 0.6) is 5.75 Å². The van der Waals surface area contributed by atoms with Gasteiger partial charge in [0.15, 0.2) is 6.10 Å². The molecule has 2 aromatic carbocycles. The van der Waals surface area contributed by atoms with Crippen LogP contribution < -0.4 is 15.4 Å². The van der Waals surface area contributed by atoms with Crippen molar-refractivity contribution < 1.29 is 43.6 Å². The van der Waals surface area contributed by atoms with Gasteiger partial charge < -0.3 is 35.1 Å². The Morgan fingerprint density at radius 1 is 1.00 bits per heavy atom. The lowest BCUT2D eigenvalue weighted by Crippen LogP contribution is -2.49. The van der Waals surface area contributed by atoms with Gasteiger partial charge in [0.25, 0.3) is 0 Å². The van der Waals surface area contributed by atoms with Crippen LogP contribution in [0, 0.1) is 17.8 Å². The smallest absolute Gasteiger partial charge is 0.347 e. The molecular formula is C35H45ClN2O9. The zero-order valence-corrected chi connectivity index (χ0v) is 28.1. The number of benzene rings is 2. The molecule has 0 saturated carbocycles. The number of aliphatic hydroxyl groups is 2. The van der Waals surface area contributed by atoms with Gasteiger partial charge in [0.05, 0.1) is 24.2 Å². The Balaban J connectivity index is 1.92. The summed E-state index contributed by atoms with van der Waals surface area (Å²) in [6.45, 7) is 6.78. The number of esters is 2. The first-order chi connectivity index (χ1) is 22.3. The molecular weight excluding hydrogens is 628 g/mol. The van der Waals surface area contributed by atoms with Crippen molar-refractivity contribution >= 4 is 35.4 Å². The van der Waals surface area contributed by atoms with Crippen LogP contribution in [0.15, 0.2) is 60.7 Å². The highest BCUT2D eigenvalue weighted by Gasteiger charge is 2.36. The fourth-order valence-electron chi connectivity index (χ4n) is 5.10. The third-order valence-electron chi connectivity index (χ3n) is 7.98. The lowest BCUT2D eigenvalue weighted by Gasteiger charge is -2.31. The summed E-state index contributed by atoms with van der Waals surface area (Å²) in [7, 11) is 1.48. The van der Waals surface area contributed by atoms with E-state index in [4.69, 9.17) is 25.8 Å². The highest BCUT2D eigenvalue weighted by atomic mass is 35.5.